The highest BCUT2D eigenvalue weighted by atomic mass is 16.2. The SMILES string of the molecule is CC(C)C(=O)Nc1ccc(N[C@@H](C)C(=O)N2CCNC2=O)cc1. The average Bonchev–Trinajstić information content (AvgIpc) is 2.94. The molecule has 0 saturated carbocycles. The van der Waals surface area contributed by atoms with Gasteiger partial charge in [0.2, 0.25) is 5.91 Å². The highest BCUT2D eigenvalue weighted by molar-refractivity contribution is 5.99. The Labute approximate surface area is 135 Å². The Kier molecular flexibility index (Phi) is 5.20. The summed E-state index contributed by atoms with van der Waals surface area (Å²) in [5, 5.41) is 8.46. The van der Waals surface area contributed by atoms with Crippen molar-refractivity contribution in [2.45, 2.75) is 26.8 Å². The first-order chi connectivity index (χ1) is 10.9. The van der Waals surface area contributed by atoms with Crippen molar-refractivity contribution >= 4 is 29.2 Å². The van der Waals surface area contributed by atoms with E-state index in [-0.39, 0.29) is 23.8 Å². The van der Waals surface area contributed by atoms with E-state index in [4.69, 9.17) is 0 Å². The third-order valence-electron chi connectivity index (χ3n) is 3.55. The second-order valence-corrected chi connectivity index (χ2v) is 5.81. The lowest BCUT2D eigenvalue weighted by Crippen LogP contribution is -2.43. The summed E-state index contributed by atoms with van der Waals surface area (Å²) in [5.74, 6) is -0.399. The van der Waals surface area contributed by atoms with Crippen LogP contribution in [-0.4, -0.2) is 41.9 Å². The Morgan fingerprint density at radius 3 is 2.26 bits per heavy atom. The molecule has 0 aromatic heterocycles. The van der Waals surface area contributed by atoms with Crippen LogP contribution in [0, 0.1) is 5.92 Å². The first-order valence-corrected chi connectivity index (χ1v) is 7.65. The number of imide groups is 1. The molecule has 1 aliphatic rings. The first-order valence-electron chi connectivity index (χ1n) is 7.65. The minimum Gasteiger partial charge on any atom is -0.374 e. The van der Waals surface area contributed by atoms with Gasteiger partial charge in [0.25, 0.3) is 5.91 Å². The molecule has 0 unspecified atom stereocenters. The van der Waals surface area contributed by atoms with Crippen molar-refractivity contribution in [3.63, 3.8) is 0 Å². The van der Waals surface area contributed by atoms with Crippen LogP contribution in [0.1, 0.15) is 20.8 Å². The summed E-state index contributed by atoms with van der Waals surface area (Å²) in [5.41, 5.74) is 1.44. The van der Waals surface area contributed by atoms with Crippen LogP contribution >= 0.6 is 0 Å². The standard InChI is InChI=1S/C16H22N4O3/c1-10(2)14(21)19-13-6-4-12(5-7-13)18-11(3)15(22)20-9-8-17-16(20)23/h4-7,10-11,18H,8-9H2,1-3H3,(H,17,23)(H,19,21)/t11-/m0/s1. The minimum absolute atomic E-state index is 0.0469. The highest BCUT2D eigenvalue weighted by Gasteiger charge is 2.29. The number of anilines is 2. The van der Waals surface area contributed by atoms with E-state index in [1.165, 1.54) is 4.90 Å². The monoisotopic (exact) mass is 318 g/mol. The molecule has 4 amide bonds. The lowest BCUT2D eigenvalue weighted by Gasteiger charge is -2.20. The average molecular weight is 318 g/mol. The van der Waals surface area contributed by atoms with Gasteiger partial charge in [-0.05, 0) is 31.2 Å². The smallest absolute Gasteiger partial charge is 0.324 e. The molecule has 23 heavy (non-hydrogen) atoms. The molecule has 1 aromatic carbocycles. The van der Waals surface area contributed by atoms with E-state index in [9.17, 15) is 14.4 Å². The van der Waals surface area contributed by atoms with Gasteiger partial charge < -0.3 is 16.0 Å². The number of nitrogens with zero attached hydrogens (tertiary/aromatic N) is 1. The number of carbonyl (C=O) groups is 3. The number of hydrogen-bond donors (Lipinski definition) is 3. The third-order valence-corrected chi connectivity index (χ3v) is 3.55. The molecule has 7 nitrogen and oxygen atoms in total. The Hall–Kier alpha value is -2.57. The molecule has 2 rings (SSSR count). The highest BCUT2D eigenvalue weighted by Crippen LogP contribution is 2.16. The molecule has 7 heteroatoms. The number of amides is 4. The fraction of sp³-hybridized carbons (Fsp3) is 0.438. The Bertz CT molecular complexity index is 598. The van der Waals surface area contributed by atoms with Crippen LogP contribution in [0.3, 0.4) is 0 Å². The van der Waals surface area contributed by atoms with Gasteiger partial charge in [-0.3, -0.25) is 14.5 Å². The second-order valence-electron chi connectivity index (χ2n) is 5.81. The van der Waals surface area contributed by atoms with E-state index >= 15 is 0 Å². The van der Waals surface area contributed by atoms with Crippen LogP contribution in [0.15, 0.2) is 24.3 Å². The third kappa shape index (κ3) is 4.21. The van der Waals surface area contributed by atoms with Gasteiger partial charge >= 0.3 is 6.03 Å². The molecule has 3 N–H and O–H groups in total. The molecule has 1 aromatic rings. The zero-order valence-electron chi connectivity index (χ0n) is 13.6. The van der Waals surface area contributed by atoms with Gasteiger partial charge in [0.15, 0.2) is 0 Å². The predicted molar refractivity (Wildman–Crippen MR) is 88.1 cm³/mol. The number of carbonyl (C=O) groups excluding carboxylic acids is 3. The molecular weight excluding hydrogens is 296 g/mol. The number of rotatable bonds is 5. The number of urea groups is 1. The van der Waals surface area contributed by atoms with E-state index in [1.54, 1.807) is 31.2 Å². The molecule has 124 valence electrons. The van der Waals surface area contributed by atoms with Crippen molar-refractivity contribution in [1.29, 1.82) is 0 Å². The van der Waals surface area contributed by atoms with Crippen molar-refractivity contribution in [2.75, 3.05) is 23.7 Å². The first kappa shape index (κ1) is 16.8. The largest absolute Gasteiger partial charge is 0.374 e. The molecular formula is C16H22N4O3. The van der Waals surface area contributed by atoms with E-state index in [0.29, 0.717) is 18.8 Å². The van der Waals surface area contributed by atoms with Crippen molar-refractivity contribution < 1.29 is 14.4 Å². The Morgan fingerprint density at radius 2 is 1.74 bits per heavy atom. The van der Waals surface area contributed by atoms with Crippen molar-refractivity contribution in [2.24, 2.45) is 5.92 Å². The molecule has 0 radical (unpaired) electrons. The van der Waals surface area contributed by atoms with E-state index in [0.717, 1.165) is 5.69 Å². The summed E-state index contributed by atoms with van der Waals surface area (Å²) in [4.78, 5) is 36.5. The van der Waals surface area contributed by atoms with E-state index < -0.39 is 6.04 Å². The molecule has 0 bridgehead atoms. The summed E-state index contributed by atoms with van der Waals surface area (Å²) in [6.45, 7) is 6.24. The lowest BCUT2D eigenvalue weighted by atomic mass is 10.2. The summed E-state index contributed by atoms with van der Waals surface area (Å²) in [6.07, 6.45) is 0. The van der Waals surface area contributed by atoms with Gasteiger partial charge in [0.05, 0.1) is 0 Å². The zero-order valence-corrected chi connectivity index (χ0v) is 13.6. The minimum atomic E-state index is -0.519. The molecule has 1 heterocycles. The predicted octanol–water partition coefficient (Wildman–Crippen LogP) is 1.63. The summed E-state index contributed by atoms with van der Waals surface area (Å²) >= 11 is 0. The van der Waals surface area contributed by atoms with Crippen molar-refractivity contribution in [3.05, 3.63) is 24.3 Å². The summed E-state index contributed by atoms with van der Waals surface area (Å²) in [7, 11) is 0. The molecule has 1 fully saturated rings. The molecule has 1 atom stereocenters. The van der Waals surface area contributed by atoms with Crippen LogP contribution in [0.5, 0.6) is 0 Å². The second kappa shape index (κ2) is 7.13. The van der Waals surface area contributed by atoms with Crippen LogP contribution in [-0.2, 0) is 9.59 Å². The summed E-state index contributed by atoms with van der Waals surface area (Å²) in [6, 6.07) is 6.23. The fourth-order valence-corrected chi connectivity index (χ4v) is 2.16. The fourth-order valence-electron chi connectivity index (χ4n) is 2.16. The van der Waals surface area contributed by atoms with Gasteiger partial charge in [-0.1, -0.05) is 13.8 Å². The molecule has 1 aliphatic heterocycles. The quantitative estimate of drug-likeness (QED) is 0.769. The maximum atomic E-state index is 12.2. The van der Waals surface area contributed by atoms with Crippen molar-refractivity contribution in [3.8, 4) is 0 Å². The Morgan fingerprint density at radius 1 is 1.13 bits per heavy atom. The van der Waals surface area contributed by atoms with Crippen LogP contribution < -0.4 is 16.0 Å². The van der Waals surface area contributed by atoms with Gasteiger partial charge in [-0.25, -0.2) is 4.79 Å². The maximum absolute atomic E-state index is 12.2. The molecule has 0 aliphatic carbocycles. The van der Waals surface area contributed by atoms with Gasteiger partial charge in [0.1, 0.15) is 6.04 Å². The van der Waals surface area contributed by atoms with Crippen LogP contribution in [0.4, 0.5) is 16.2 Å². The molecule has 0 spiro atoms. The van der Waals surface area contributed by atoms with Crippen molar-refractivity contribution in [1.82, 2.24) is 10.2 Å². The number of nitrogens with one attached hydrogen (secondary N) is 3. The topological polar surface area (TPSA) is 90.5 Å². The van der Waals surface area contributed by atoms with Crippen LogP contribution in [0.25, 0.3) is 0 Å². The normalized spacial score (nSPS) is 15.3. The number of benzene rings is 1. The lowest BCUT2D eigenvalue weighted by molar-refractivity contribution is -0.128. The number of hydrogen-bond acceptors (Lipinski definition) is 4. The Balaban J connectivity index is 1.93. The van der Waals surface area contributed by atoms with Crippen LogP contribution in [0.2, 0.25) is 0 Å². The van der Waals surface area contributed by atoms with Gasteiger partial charge in [0, 0.05) is 30.4 Å². The van der Waals surface area contributed by atoms with E-state index in [2.05, 4.69) is 16.0 Å². The van der Waals surface area contributed by atoms with Gasteiger partial charge in [-0.15, -0.1) is 0 Å². The molecule has 1 saturated heterocycles. The zero-order chi connectivity index (χ0) is 17.0. The van der Waals surface area contributed by atoms with Gasteiger partial charge in [-0.2, -0.15) is 0 Å². The maximum Gasteiger partial charge on any atom is 0.324 e. The van der Waals surface area contributed by atoms with E-state index in [1.807, 2.05) is 13.8 Å². The summed E-state index contributed by atoms with van der Waals surface area (Å²) < 4.78 is 0.